The lowest BCUT2D eigenvalue weighted by Crippen LogP contribution is -2.38. The highest BCUT2D eigenvalue weighted by Crippen LogP contribution is 2.30. The Morgan fingerprint density at radius 2 is 2.15 bits per heavy atom. The van der Waals surface area contributed by atoms with Crippen molar-refractivity contribution in [2.75, 3.05) is 11.4 Å². The van der Waals surface area contributed by atoms with Gasteiger partial charge in [-0.15, -0.1) is 0 Å². The van der Waals surface area contributed by atoms with Crippen molar-refractivity contribution in [2.24, 2.45) is 5.92 Å². The van der Waals surface area contributed by atoms with Gasteiger partial charge in [0.05, 0.1) is 0 Å². The van der Waals surface area contributed by atoms with Gasteiger partial charge in [-0.25, -0.2) is 0 Å². The molecule has 0 fully saturated rings. The summed E-state index contributed by atoms with van der Waals surface area (Å²) in [6.07, 6.45) is 4.35. The number of rotatable bonds is 4. The van der Waals surface area contributed by atoms with E-state index in [-0.39, 0.29) is 11.8 Å². The number of benzene rings is 1. The molecule has 1 heterocycles. The van der Waals surface area contributed by atoms with E-state index in [0.29, 0.717) is 4.83 Å². The minimum Gasteiger partial charge on any atom is -0.312 e. The standard InChI is InChI=1S/C17H24BrNO/c1-4-15(18)11-13-7-8-16-14(10-13)6-5-9-19(16)17(20)12(2)3/h7-8,10,12,15H,4-6,9,11H2,1-3H3. The first kappa shape index (κ1) is 15.6. The van der Waals surface area contributed by atoms with E-state index in [0.717, 1.165) is 37.9 Å². The van der Waals surface area contributed by atoms with E-state index < -0.39 is 0 Å². The van der Waals surface area contributed by atoms with Crippen LogP contribution in [0.2, 0.25) is 0 Å². The molecule has 0 spiro atoms. The molecule has 1 aliphatic heterocycles. The largest absolute Gasteiger partial charge is 0.312 e. The molecule has 0 radical (unpaired) electrons. The fourth-order valence-corrected chi connectivity index (χ4v) is 3.09. The molecule has 1 aliphatic rings. The van der Waals surface area contributed by atoms with E-state index in [2.05, 4.69) is 41.1 Å². The maximum atomic E-state index is 12.3. The molecule has 110 valence electrons. The lowest BCUT2D eigenvalue weighted by atomic mass is 9.96. The summed E-state index contributed by atoms with van der Waals surface area (Å²) < 4.78 is 0. The minimum absolute atomic E-state index is 0.0626. The van der Waals surface area contributed by atoms with Crippen LogP contribution in [0.25, 0.3) is 0 Å². The average molecular weight is 338 g/mol. The van der Waals surface area contributed by atoms with E-state index in [4.69, 9.17) is 0 Å². The van der Waals surface area contributed by atoms with Crippen LogP contribution in [0.1, 0.15) is 44.7 Å². The summed E-state index contributed by atoms with van der Waals surface area (Å²) in [5.41, 5.74) is 3.83. The van der Waals surface area contributed by atoms with Gasteiger partial charge >= 0.3 is 0 Å². The molecular weight excluding hydrogens is 314 g/mol. The van der Waals surface area contributed by atoms with Crippen LogP contribution in [0.5, 0.6) is 0 Å². The molecule has 20 heavy (non-hydrogen) atoms. The predicted molar refractivity (Wildman–Crippen MR) is 88.7 cm³/mol. The van der Waals surface area contributed by atoms with Crippen LogP contribution < -0.4 is 4.90 Å². The van der Waals surface area contributed by atoms with Crippen LogP contribution in [0.3, 0.4) is 0 Å². The Morgan fingerprint density at radius 1 is 1.40 bits per heavy atom. The molecule has 0 aliphatic carbocycles. The van der Waals surface area contributed by atoms with Crippen molar-refractivity contribution in [2.45, 2.75) is 51.3 Å². The number of fused-ring (bicyclic) bond motifs is 1. The Morgan fingerprint density at radius 3 is 2.80 bits per heavy atom. The number of anilines is 1. The number of carbonyl (C=O) groups is 1. The Hall–Kier alpha value is -0.830. The van der Waals surface area contributed by atoms with Crippen molar-refractivity contribution in [3.8, 4) is 0 Å². The van der Waals surface area contributed by atoms with Gasteiger partial charge in [0, 0.05) is 23.0 Å². The number of nitrogens with zero attached hydrogens (tertiary/aromatic N) is 1. The number of aryl methyl sites for hydroxylation is 1. The smallest absolute Gasteiger partial charge is 0.229 e. The summed E-state index contributed by atoms with van der Waals surface area (Å²) in [5, 5.41) is 0. The van der Waals surface area contributed by atoms with E-state index in [1.165, 1.54) is 11.1 Å². The number of hydrogen-bond donors (Lipinski definition) is 0. The molecule has 0 saturated heterocycles. The Bertz CT molecular complexity index is 484. The summed E-state index contributed by atoms with van der Waals surface area (Å²) in [7, 11) is 0. The Kier molecular flexibility index (Phi) is 5.25. The maximum Gasteiger partial charge on any atom is 0.229 e. The lowest BCUT2D eigenvalue weighted by Gasteiger charge is -2.31. The highest BCUT2D eigenvalue weighted by Gasteiger charge is 2.24. The van der Waals surface area contributed by atoms with Crippen LogP contribution in [0, 0.1) is 5.92 Å². The molecule has 0 N–H and O–H groups in total. The third-order valence-corrected chi connectivity index (χ3v) is 4.89. The number of alkyl halides is 1. The van der Waals surface area contributed by atoms with Crippen LogP contribution in [0.15, 0.2) is 18.2 Å². The minimum atomic E-state index is 0.0626. The second kappa shape index (κ2) is 6.75. The summed E-state index contributed by atoms with van der Waals surface area (Å²) in [5.74, 6) is 0.304. The van der Waals surface area contributed by atoms with Gasteiger partial charge in [0.2, 0.25) is 5.91 Å². The van der Waals surface area contributed by atoms with Crippen LogP contribution in [-0.4, -0.2) is 17.3 Å². The SMILES string of the molecule is CCC(Br)Cc1ccc2c(c1)CCCN2C(=O)C(C)C. The zero-order chi connectivity index (χ0) is 14.7. The molecule has 0 saturated carbocycles. The first-order chi connectivity index (χ1) is 9.52. The predicted octanol–water partition coefficient (Wildman–Crippen LogP) is 4.34. The van der Waals surface area contributed by atoms with E-state index >= 15 is 0 Å². The van der Waals surface area contributed by atoms with E-state index in [9.17, 15) is 4.79 Å². The second-order valence-corrected chi connectivity index (χ2v) is 7.22. The summed E-state index contributed by atoms with van der Waals surface area (Å²) in [6, 6.07) is 6.60. The average Bonchev–Trinajstić information content (AvgIpc) is 2.45. The summed E-state index contributed by atoms with van der Waals surface area (Å²) in [6.45, 7) is 7.00. The molecule has 0 aromatic heterocycles. The Balaban J connectivity index is 2.24. The molecule has 1 aromatic rings. The first-order valence-corrected chi connectivity index (χ1v) is 8.51. The molecule has 1 amide bonds. The third kappa shape index (κ3) is 3.43. The van der Waals surface area contributed by atoms with Gasteiger partial charge in [0.1, 0.15) is 0 Å². The van der Waals surface area contributed by atoms with Crippen LogP contribution >= 0.6 is 15.9 Å². The van der Waals surface area contributed by atoms with Crippen molar-refractivity contribution in [3.05, 3.63) is 29.3 Å². The fourth-order valence-electron chi connectivity index (χ4n) is 2.72. The van der Waals surface area contributed by atoms with Gasteiger partial charge in [-0.3, -0.25) is 4.79 Å². The van der Waals surface area contributed by atoms with Gasteiger partial charge in [-0.1, -0.05) is 48.8 Å². The maximum absolute atomic E-state index is 12.3. The number of hydrogen-bond acceptors (Lipinski definition) is 1. The van der Waals surface area contributed by atoms with Gasteiger partial charge in [-0.2, -0.15) is 0 Å². The van der Waals surface area contributed by atoms with Crippen LogP contribution in [-0.2, 0) is 17.6 Å². The zero-order valence-electron chi connectivity index (χ0n) is 12.7. The lowest BCUT2D eigenvalue weighted by molar-refractivity contribution is -0.121. The Labute approximate surface area is 130 Å². The molecule has 1 atom stereocenters. The second-order valence-electron chi connectivity index (χ2n) is 5.92. The molecule has 3 heteroatoms. The zero-order valence-corrected chi connectivity index (χ0v) is 14.2. The van der Waals surface area contributed by atoms with Gasteiger partial charge < -0.3 is 4.90 Å². The van der Waals surface area contributed by atoms with Gasteiger partial charge in [-0.05, 0) is 42.9 Å². The van der Waals surface area contributed by atoms with Crippen molar-refractivity contribution in [3.63, 3.8) is 0 Å². The molecule has 2 rings (SSSR count). The monoisotopic (exact) mass is 337 g/mol. The van der Waals surface area contributed by atoms with Gasteiger partial charge in [0.25, 0.3) is 0 Å². The topological polar surface area (TPSA) is 20.3 Å². The molecule has 0 bridgehead atoms. The molecular formula is C17H24BrNO. The first-order valence-electron chi connectivity index (χ1n) is 7.60. The molecule has 2 nitrogen and oxygen atoms in total. The highest BCUT2D eigenvalue weighted by molar-refractivity contribution is 9.09. The summed E-state index contributed by atoms with van der Waals surface area (Å²) >= 11 is 3.70. The third-order valence-electron chi connectivity index (χ3n) is 3.92. The van der Waals surface area contributed by atoms with Crippen molar-refractivity contribution in [1.82, 2.24) is 0 Å². The van der Waals surface area contributed by atoms with Crippen LogP contribution in [0.4, 0.5) is 5.69 Å². The highest BCUT2D eigenvalue weighted by atomic mass is 79.9. The number of halogens is 1. The quantitative estimate of drug-likeness (QED) is 0.748. The fraction of sp³-hybridized carbons (Fsp3) is 0.588. The molecule has 1 unspecified atom stereocenters. The van der Waals surface area contributed by atoms with Crippen molar-refractivity contribution >= 4 is 27.5 Å². The van der Waals surface area contributed by atoms with E-state index in [1.54, 1.807) is 0 Å². The normalized spacial score (nSPS) is 16.1. The number of carbonyl (C=O) groups excluding carboxylic acids is 1. The van der Waals surface area contributed by atoms with Crippen molar-refractivity contribution < 1.29 is 4.79 Å². The number of amides is 1. The summed E-state index contributed by atoms with van der Waals surface area (Å²) in [4.78, 5) is 14.8. The van der Waals surface area contributed by atoms with Gasteiger partial charge in [0.15, 0.2) is 0 Å². The van der Waals surface area contributed by atoms with E-state index in [1.807, 2.05) is 18.7 Å². The van der Waals surface area contributed by atoms with Crippen molar-refractivity contribution in [1.29, 1.82) is 0 Å². The molecule has 1 aromatic carbocycles.